The number of rotatable bonds is 13. The van der Waals surface area contributed by atoms with Gasteiger partial charge in [-0.05, 0) is 37.5 Å². The van der Waals surface area contributed by atoms with Crippen LogP contribution in [0.15, 0.2) is 0 Å². The first kappa shape index (κ1) is 31.6. The van der Waals surface area contributed by atoms with Gasteiger partial charge in [-0.25, -0.2) is 0 Å². The van der Waals surface area contributed by atoms with Gasteiger partial charge in [-0.2, -0.15) is 0 Å². The number of hydrogen-bond acceptors (Lipinski definition) is 4. The van der Waals surface area contributed by atoms with Crippen LogP contribution in [0.5, 0.6) is 0 Å². The smallest absolute Gasteiger partial charge is 0.0488 e. The molecule has 23 heavy (non-hydrogen) atoms. The van der Waals surface area contributed by atoms with E-state index in [0.29, 0.717) is 11.8 Å². The van der Waals surface area contributed by atoms with Crippen LogP contribution < -0.4 is 0 Å². The summed E-state index contributed by atoms with van der Waals surface area (Å²) in [7, 11) is 1.73. The molecule has 0 amide bonds. The van der Waals surface area contributed by atoms with E-state index in [2.05, 4.69) is 27.7 Å². The SMILES string of the molecule is CC(C)COCCCCO.COCCCCOCC(C)C.[CH3-].[U]. The van der Waals surface area contributed by atoms with Crippen LogP contribution in [0, 0.1) is 50.4 Å². The average Bonchev–Trinajstić information content (AvgIpc) is 2.42. The van der Waals surface area contributed by atoms with E-state index in [1.54, 1.807) is 7.11 Å². The van der Waals surface area contributed by atoms with Gasteiger partial charge in [0.1, 0.15) is 0 Å². The normalized spacial score (nSPS) is 9.91. The monoisotopic (exact) mass is 559 g/mol. The van der Waals surface area contributed by atoms with Gasteiger partial charge in [-0.3, -0.25) is 0 Å². The van der Waals surface area contributed by atoms with E-state index in [9.17, 15) is 0 Å². The molecule has 0 fully saturated rings. The Balaban J connectivity index is -0.000000145. The van der Waals surface area contributed by atoms with Gasteiger partial charge in [0.15, 0.2) is 0 Å². The number of aliphatic hydroxyl groups excluding tert-OH is 1. The fourth-order valence-electron chi connectivity index (χ4n) is 1.40. The van der Waals surface area contributed by atoms with Gasteiger partial charge in [0.2, 0.25) is 0 Å². The topological polar surface area (TPSA) is 47.9 Å². The standard InChI is InChI=1S/C9H20O2.C8H18O2.CH3.U/c1-9(2)8-11-7-5-4-6-10-3;1-8(2)7-10-6-4-3-5-9;;/h9H,4-8H2,1-3H3;8-9H,3-7H2,1-2H3;1H3;/q;;-1;. The van der Waals surface area contributed by atoms with Crippen LogP contribution in [0.3, 0.4) is 0 Å². The summed E-state index contributed by atoms with van der Waals surface area (Å²) in [5.41, 5.74) is 0. The molecule has 0 radical (unpaired) electrons. The fourth-order valence-corrected chi connectivity index (χ4v) is 1.40. The first-order valence-electron chi connectivity index (χ1n) is 8.29. The molecule has 5 heteroatoms. The summed E-state index contributed by atoms with van der Waals surface area (Å²) in [6.45, 7) is 13.1. The number of unbranched alkanes of at least 4 members (excludes halogenated alkanes) is 2. The second-order valence-electron chi connectivity index (χ2n) is 6.07. The van der Waals surface area contributed by atoms with Crippen molar-refractivity contribution in [1.29, 1.82) is 0 Å². The number of ether oxygens (including phenoxy) is 3. The minimum atomic E-state index is 0. The Bertz CT molecular complexity index is 178. The molecule has 0 saturated carbocycles. The van der Waals surface area contributed by atoms with Crippen LogP contribution in [0.1, 0.15) is 53.4 Å². The largest absolute Gasteiger partial charge is 0.396 e. The summed E-state index contributed by atoms with van der Waals surface area (Å²) in [6.07, 6.45) is 4.05. The molecular weight excluding hydrogens is 518 g/mol. The van der Waals surface area contributed by atoms with E-state index in [-0.39, 0.29) is 45.1 Å². The van der Waals surface area contributed by atoms with Crippen LogP contribution in [0.2, 0.25) is 0 Å². The Hall–Kier alpha value is 0.892. The van der Waals surface area contributed by atoms with Crippen molar-refractivity contribution in [2.75, 3.05) is 46.8 Å². The Kier molecular flexibility index (Phi) is 38.1. The molecule has 0 spiro atoms. The molecular formula is C18H41O4U-. The van der Waals surface area contributed by atoms with E-state index >= 15 is 0 Å². The van der Waals surface area contributed by atoms with Crippen LogP contribution in [-0.4, -0.2) is 51.9 Å². The van der Waals surface area contributed by atoms with Crippen molar-refractivity contribution in [3.05, 3.63) is 7.43 Å². The predicted molar refractivity (Wildman–Crippen MR) is 95.2 cm³/mol. The van der Waals surface area contributed by atoms with Gasteiger partial charge < -0.3 is 26.7 Å². The average molecular weight is 560 g/mol. The van der Waals surface area contributed by atoms with Crippen LogP contribution in [0.4, 0.5) is 0 Å². The van der Waals surface area contributed by atoms with Crippen molar-refractivity contribution in [1.82, 2.24) is 0 Å². The van der Waals surface area contributed by atoms with E-state index in [4.69, 9.17) is 19.3 Å². The number of aliphatic hydroxyl groups is 1. The molecule has 0 atom stereocenters. The van der Waals surface area contributed by atoms with Crippen LogP contribution in [-0.2, 0) is 14.2 Å². The van der Waals surface area contributed by atoms with Crippen molar-refractivity contribution < 1.29 is 50.4 Å². The molecule has 0 aromatic heterocycles. The van der Waals surface area contributed by atoms with Gasteiger partial charge in [0.05, 0.1) is 0 Å². The van der Waals surface area contributed by atoms with Crippen molar-refractivity contribution >= 4 is 0 Å². The third-order valence-corrected chi connectivity index (χ3v) is 2.49. The molecule has 4 nitrogen and oxygen atoms in total. The van der Waals surface area contributed by atoms with Gasteiger partial charge in [-0.15, -0.1) is 0 Å². The van der Waals surface area contributed by atoms with E-state index in [0.717, 1.165) is 58.7 Å². The fraction of sp³-hybridized carbons (Fsp3) is 0.944. The van der Waals surface area contributed by atoms with E-state index in [1.165, 1.54) is 0 Å². The summed E-state index contributed by atoms with van der Waals surface area (Å²) < 4.78 is 15.6. The Morgan fingerprint density at radius 1 is 0.739 bits per heavy atom. The summed E-state index contributed by atoms with van der Waals surface area (Å²) >= 11 is 0. The molecule has 142 valence electrons. The Morgan fingerprint density at radius 2 is 1.13 bits per heavy atom. The minimum absolute atomic E-state index is 0. The van der Waals surface area contributed by atoms with Crippen molar-refractivity contribution in [2.45, 2.75) is 53.4 Å². The van der Waals surface area contributed by atoms with E-state index in [1.807, 2.05) is 0 Å². The molecule has 0 aliphatic carbocycles. The molecule has 0 bridgehead atoms. The molecule has 0 aromatic carbocycles. The zero-order chi connectivity index (χ0) is 16.3. The molecule has 0 aliphatic rings. The second kappa shape index (κ2) is 27.7. The zero-order valence-corrected chi connectivity index (χ0v) is 20.6. The predicted octanol–water partition coefficient (Wildman–Crippen LogP) is 3.97. The van der Waals surface area contributed by atoms with Gasteiger partial charge >= 0.3 is 0 Å². The maximum Gasteiger partial charge on any atom is 0.0488 e. The quantitative estimate of drug-likeness (QED) is 0.274. The summed E-state index contributed by atoms with van der Waals surface area (Å²) in [5.74, 6) is 1.27. The molecule has 0 aliphatic heterocycles. The number of methoxy groups -OCH3 is 1. The Morgan fingerprint density at radius 3 is 1.48 bits per heavy atom. The van der Waals surface area contributed by atoms with Crippen molar-refractivity contribution in [3.63, 3.8) is 0 Å². The molecule has 0 unspecified atom stereocenters. The van der Waals surface area contributed by atoms with Crippen LogP contribution in [0.25, 0.3) is 0 Å². The molecule has 1 N–H and O–H groups in total. The molecule has 0 aromatic rings. The van der Waals surface area contributed by atoms with Crippen LogP contribution >= 0.6 is 0 Å². The summed E-state index contributed by atoms with van der Waals surface area (Å²) in [4.78, 5) is 0. The third-order valence-electron chi connectivity index (χ3n) is 2.49. The first-order valence-corrected chi connectivity index (χ1v) is 8.29. The molecule has 0 saturated heterocycles. The van der Waals surface area contributed by atoms with Crippen molar-refractivity contribution in [3.8, 4) is 0 Å². The van der Waals surface area contributed by atoms with Gasteiger partial charge in [-0.1, -0.05) is 27.7 Å². The minimum Gasteiger partial charge on any atom is -0.396 e. The second-order valence-corrected chi connectivity index (χ2v) is 6.07. The first-order chi connectivity index (χ1) is 10.0. The Labute approximate surface area is 169 Å². The van der Waals surface area contributed by atoms with Gasteiger partial charge in [0.25, 0.3) is 0 Å². The third kappa shape index (κ3) is 39.6. The van der Waals surface area contributed by atoms with Crippen molar-refractivity contribution in [2.24, 2.45) is 11.8 Å². The maximum atomic E-state index is 8.42. The van der Waals surface area contributed by atoms with Gasteiger partial charge in [0, 0.05) is 77.9 Å². The summed E-state index contributed by atoms with van der Waals surface area (Å²) in [5, 5.41) is 8.42. The molecule has 0 heterocycles. The maximum absolute atomic E-state index is 8.42. The van der Waals surface area contributed by atoms with E-state index < -0.39 is 0 Å². The summed E-state index contributed by atoms with van der Waals surface area (Å²) in [6, 6.07) is 0. The molecule has 0 rings (SSSR count). The zero-order valence-electron chi connectivity index (χ0n) is 16.4. The number of hydrogen-bond donors (Lipinski definition) is 1.